The zero-order valence-electron chi connectivity index (χ0n) is 15.1. The molecule has 0 saturated heterocycles. The van der Waals surface area contributed by atoms with E-state index < -0.39 is 0 Å². The quantitative estimate of drug-likeness (QED) is 0.579. The number of rotatable bonds is 4. The first-order valence-corrected chi connectivity index (χ1v) is 10.5. The Morgan fingerprint density at radius 1 is 1.04 bits per heavy atom. The van der Waals surface area contributed by atoms with E-state index in [4.69, 9.17) is 4.98 Å². The predicted molar refractivity (Wildman–Crippen MR) is 116 cm³/mol. The molecule has 0 aliphatic carbocycles. The fourth-order valence-electron chi connectivity index (χ4n) is 2.87. The fraction of sp³-hybridized carbons (Fsp3) is 0.136. The summed E-state index contributed by atoms with van der Waals surface area (Å²) in [5.41, 5.74) is 5.30. The minimum Gasteiger partial charge on any atom is -0.272 e. The monoisotopic (exact) mass is 390 g/mol. The second-order valence-electron chi connectivity index (χ2n) is 6.36. The van der Waals surface area contributed by atoms with Crippen LogP contribution in [-0.2, 0) is 4.79 Å². The molecule has 2 heterocycles. The van der Waals surface area contributed by atoms with Crippen molar-refractivity contribution in [1.82, 2.24) is 4.98 Å². The summed E-state index contributed by atoms with van der Waals surface area (Å²) in [4.78, 5) is 22.0. The average molecular weight is 391 g/mol. The minimum atomic E-state index is -0.0821. The molecule has 0 radical (unpaired) electrons. The van der Waals surface area contributed by atoms with Crippen LogP contribution in [0.4, 0.5) is 0 Å². The summed E-state index contributed by atoms with van der Waals surface area (Å²) in [5.74, 6) is 0.317. The summed E-state index contributed by atoms with van der Waals surface area (Å²) in [6.07, 6.45) is 2.08. The number of aryl methyl sites for hydroxylation is 2. The Balaban J connectivity index is 1.81. The van der Waals surface area contributed by atoms with Crippen LogP contribution in [0.1, 0.15) is 21.0 Å². The van der Waals surface area contributed by atoms with Crippen LogP contribution in [0.15, 0.2) is 59.6 Å². The van der Waals surface area contributed by atoms with Crippen LogP contribution in [0, 0.1) is 13.8 Å². The Morgan fingerprint density at radius 3 is 2.44 bits per heavy atom. The molecule has 0 spiro atoms. The highest BCUT2D eigenvalue weighted by molar-refractivity contribution is 8.16. The molecule has 0 saturated carbocycles. The number of benzene rings is 2. The van der Waals surface area contributed by atoms with Crippen LogP contribution in [-0.4, -0.2) is 21.7 Å². The van der Waals surface area contributed by atoms with Gasteiger partial charge in [-0.25, -0.2) is 9.98 Å². The summed E-state index contributed by atoms with van der Waals surface area (Å²) in [6.45, 7) is 4.15. The summed E-state index contributed by atoms with van der Waals surface area (Å²) >= 11 is 3.13. The van der Waals surface area contributed by atoms with E-state index in [1.54, 1.807) is 11.3 Å². The number of carbonyl (C=O) groups excluding carboxylic acids is 1. The third-order valence-electron chi connectivity index (χ3n) is 4.25. The zero-order valence-corrected chi connectivity index (χ0v) is 16.7. The molecule has 0 N–H and O–H groups in total. The Kier molecular flexibility index (Phi) is 5.05. The normalized spacial score (nSPS) is 14.5. The lowest BCUT2D eigenvalue weighted by atomic mass is 10.1. The first-order chi connectivity index (χ1) is 13.1. The molecule has 1 aliphatic heterocycles. The Bertz CT molecular complexity index is 1050. The molecule has 134 valence electrons. The van der Waals surface area contributed by atoms with Crippen molar-refractivity contribution in [2.24, 2.45) is 4.99 Å². The number of nitrogens with zero attached hydrogens (tertiary/aromatic N) is 2. The minimum absolute atomic E-state index is 0.0821. The number of thiazole rings is 1. The molecule has 3 nitrogen and oxygen atoms in total. The van der Waals surface area contributed by atoms with Crippen LogP contribution >= 0.6 is 23.1 Å². The fourth-order valence-corrected chi connectivity index (χ4v) is 4.69. The molecule has 0 bridgehead atoms. The zero-order chi connectivity index (χ0) is 18.8. The highest BCUT2D eigenvalue weighted by atomic mass is 32.2. The van der Waals surface area contributed by atoms with Gasteiger partial charge in [0.05, 0.1) is 11.4 Å². The van der Waals surface area contributed by atoms with E-state index in [0.29, 0.717) is 5.75 Å². The van der Waals surface area contributed by atoms with Gasteiger partial charge in [-0.1, -0.05) is 71.9 Å². The number of aliphatic imine (C=N–C) groups is 1. The number of thioether (sulfide) groups is 1. The van der Waals surface area contributed by atoms with Gasteiger partial charge in [0.15, 0.2) is 0 Å². The molecule has 1 amide bonds. The highest BCUT2D eigenvalue weighted by Gasteiger charge is 2.23. The molecule has 2 aromatic carbocycles. The van der Waals surface area contributed by atoms with Gasteiger partial charge in [-0.05, 0) is 25.5 Å². The van der Waals surface area contributed by atoms with Gasteiger partial charge in [-0.3, -0.25) is 4.79 Å². The summed E-state index contributed by atoms with van der Waals surface area (Å²) < 4.78 is 0. The van der Waals surface area contributed by atoms with Gasteiger partial charge in [0.2, 0.25) is 0 Å². The summed E-state index contributed by atoms with van der Waals surface area (Å²) in [6, 6.07) is 18.5. The van der Waals surface area contributed by atoms with E-state index in [0.717, 1.165) is 37.3 Å². The van der Waals surface area contributed by atoms with E-state index in [1.807, 2.05) is 18.2 Å². The van der Waals surface area contributed by atoms with Gasteiger partial charge in [-0.2, -0.15) is 0 Å². The van der Waals surface area contributed by atoms with Crippen LogP contribution in [0.25, 0.3) is 22.9 Å². The molecular formula is C22H18N2OS2. The first kappa shape index (κ1) is 17.9. The number of hydrogen-bond acceptors (Lipinski definition) is 4. The van der Waals surface area contributed by atoms with Crippen LogP contribution in [0.3, 0.4) is 0 Å². The maximum Gasteiger partial charge on any atom is 0.257 e. The molecule has 0 unspecified atom stereocenters. The highest BCUT2D eigenvalue weighted by Crippen LogP contribution is 2.35. The van der Waals surface area contributed by atoms with E-state index in [9.17, 15) is 4.79 Å². The van der Waals surface area contributed by atoms with Crippen molar-refractivity contribution in [1.29, 1.82) is 0 Å². The second-order valence-corrected chi connectivity index (χ2v) is 8.53. The molecule has 0 atom stereocenters. The number of amides is 1. The predicted octanol–water partition coefficient (Wildman–Crippen LogP) is 5.64. The smallest absolute Gasteiger partial charge is 0.257 e. The Labute approximate surface area is 166 Å². The van der Waals surface area contributed by atoms with E-state index >= 15 is 0 Å². The van der Waals surface area contributed by atoms with E-state index in [1.165, 1.54) is 17.3 Å². The summed E-state index contributed by atoms with van der Waals surface area (Å²) in [7, 11) is 0. The molecular weight excluding hydrogens is 372 g/mol. The van der Waals surface area contributed by atoms with Gasteiger partial charge < -0.3 is 0 Å². The number of aromatic nitrogens is 1. The molecule has 3 aromatic rings. The van der Waals surface area contributed by atoms with E-state index in [-0.39, 0.29) is 5.91 Å². The Hall–Kier alpha value is -2.50. The lowest BCUT2D eigenvalue weighted by Gasteiger charge is -2.04. The average Bonchev–Trinajstić information content (AvgIpc) is 3.28. The number of hydrogen-bond donors (Lipinski definition) is 0. The van der Waals surface area contributed by atoms with Crippen molar-refractivity contribution in [2.45, 2.75) is 13.8 Å². The maximum absolute atomic E-state index is 11.7. The lowest BCUT2D eigenvalue weighted by Crippen LogP contribution is -1.95. The summed E-state index contributed by atoms with van der Waals surface area (Å²) in [5, 5.41) is 1.65. The maximum atomic E-state index is 11.7. The van der Waals surface area contributed by atoms with E-state index in [2.05, 4.69) is 61.3 Å². The van der Waals surface area contributed by atoms with Gasteiger partial charge in [-0.15, -0.1) is 11.3 Å². The van der Waals surface area contributed by atoms with Crippen molar-refractivity contribution < 1.29 is 4.79 Å². The van der Waals surface area contributed by atoms with Crippen LogP contribution < -0.4 is 0 Å². The third-order valence-corrected chi connectivity index (χ3v) is 6.23. The van der Waals surface area contributed by atoms with Crippen molar-refractivity contribution in [3.05, 3.63) is 75.6 Å². The largest absolute Gasteiger partial charge is 0.272 e. The van der Waals surface area contributed by atoms with Gasteiger partial charge >= 0.3 is 0 Å². The van der Waals surface area contributed by atoms with Crippen LogP contribution in [0.2, 0.25) is 0 Å². The lowest BCUT2D eigenvalue weighted by molar-refractivity contribution is -0.115. The molecule has 0 fully saturated rings. The molecule has 27 heavy (non-hydrogen) atoms. The van der Waals surface area contributed by atoms with Crippen molar-refractivity contribution in [3.8, 4) is 11.3 Å². The van der Waals surface area contributed by atoms with Crippen LogP contribution in [0.5, 0.6) is 0 Å². The molecule has 5 heteroatoms. The Morgan fingerprint density at radius 2 is 1.78 bits per heavy atom. The van der Waals surface area contributed by atoms with Crippen molar-refractivity contribution in [2.75, 3.05) is 5.75 Å². The molecule has 4 rings (SSSR count). The van der Waals surface area contributed by atoms with Crippen molar-refractivity contribution in [3.63, 3.8) is 0 Å². The topological polar surface area (TPSA) is 42.3 Å². The third kappa shape index (κ3) is 3.94. The molecule has 1 aliphatic rings. The number of carbonyl (C=O) groups is 1. The van der Waals surface area contributed by atoms with Gasteiger partial charge in [0, 0.05) is 16.0 Å². The standard InChI is InChI=1S/C22H18N2OS2/c1-14-8-10-16(11-9-14)12-18(21-23-19(25)13-26-21)22-24-20(15(2)27-22)17-6-4-3-5-7-17/h3-12H,13H2,1-2H3/b18-12+. The first-order valence-electron chi connectivity index (χ1n) is 8.66. The molecule has 1 aromatic heterocycles. The second kappa shape index (κ2) is 7.62. The van der Waals surface area contributed by atoms with Crippen molar-refractivity contribution >= 4 is 45.7 Å². The SMILES string of the molecule is Cc1ccc(/C=C(\C2=NC(=O)CS2)c2nc(-c3ccccc3)c(C)s2)cc1. The van der Waals surface area contributed by atoms with Gasteiger partial charge in [0.25, 0.3) is 5.91 Å². The van der Waals surface area contributed by atoms with Gasteiger partial charge in [0.1, 0.15) is 10.1 Å².